The van der Waals surface area contributed by atoms with Crippen LogP contribution in [0.25, 0.3) is 0 Å². The molecule has 9 heteroatoms. The Morgan fingerprint density at radius 2 is 1.76 bits per heavy atom. The van der Waals surface area contributed by atoms with Crippen LogP contribution >= 0.6 is 11.6 Å². The fourth-order valence-corrected chi connectivity index (χ4v) is 5.39. The molecule has 0 spiro atoms. The monoisotopic (exact) mass is 541 g/mol. The minimum atomic E-state index is -0.626. The first-order chi connectivity index (χ1) is 17.9. The fraction of sp³-hybridized carbons (Fsp3) is 0.586. The number of benzene rings is 1. The quantitative estimate of drug-likeness (QED) is 0.496. The second-order valence-electron chi connectivity index (χ2n) is 11.6. The van der Waals surface area contributed by atoms with Gasteiger partial charge in [-0.1, -0.05) is 30.7 Å². The van der Waals surface area contributed by atoms with Gasteiger partial charge in [-0.15, -0.1) is 0 Å². The average molecular weight is 542 g/mol. The molecule has 2 atom stereocenters. The second kappa shape index (κ2) is 11.5. The molecule has 2 aliphatic rings. The molecule has 1 aliphatic heterocycles. The molecule has 0 saturated carbocycles. The molecular formula is C29H40ClN5O3. The van der Waals surface area contributed by atoms with Crippen molar-refractivity contribution in [3.8, 4) is 0 Å². The molecule has 38 heavy (non-hydrogen) atoms. The zero-order valence-electron chi connectivity index (χ0n) is 23.4. The number of anilines is 1. The normalized spacial score (nSPS) is 18.4. The SMILES string of the molecule is CC(C)N(CC(C(=O)N1CCN(c2ncnc3c2[C@H](C)CC3)CC1)c1ccc(Cl)cc1)C(=O)OC(C)(C)C. The van der Waals surface area contributed by atoms with Crippen LogP contribution in [0.2, 0.25) is 5.02 Å². The smallest absolute Gasteiger partial charge is 0.410 e. The highest BCUT2D eigenvalue weighted by molar-refractivity contribution is 6.30. The number of nitrogens with zero attached hydrogens (tertiary/aromatic N) is 5. The van der Waals surface area contributed by atoms with Crippen molar-refractivity contribution in [2.45, 2.75) is 77.9 Å². The van der Waals surface area contributed by atoms with Crippen molar-refractivity contribution >= 4 is 29.4 Å². The van der Waals surface area contributed by atoms with Crippen LogP contribution in [-0.4, -0.2) is 76.1 Å². The van der Waals surface area contributed by atoms with E-state index in [4.69, 9.17) is 16.3 Å². The third-order valence-electron chi connectivity index (χ3n) is 7.34. The largest absolute Gasteiger partial charge is 0.444 e. The number of carbonyl (C=O) groups excluding carboxylic acids is 2. The number of halogens is 1. The maximum Gasteiger partial charge on any atom is 0.410 e. The van der Waals surface area contributed by atoms with Gasteiger partial charge in [0.15, 0.2) is 0 Å². The number of fused-ring (bicyclic) bond motifs is 1. The summed E-state index contributed by atoms with van der Waals surface area (Å²) >= 11 is 6.15. The number of piperazine rings is 1. The molecule has 1 saturated heterocycles. The Morgan fingerprint density at radius 1 is 1.11 bits per heavy atom. The molecule has 2 heterocycles. The van der Waals surface area contributed by atoms with Gasteiger partial charge in [-0.3, -0.25) is 4.79 Å². The van der Waals surface area contributed by atoms with Gasteiger partial charge in [0, 0.05) is 55.0 Å². The lowest BCUT2D eigenvalue weighted by Crippen LogP contribution is -2.52. The number of ether oxygens (including phenoxy) is 1. The standard InChI is InChI=1S/C29H40ClN5O3/c1-19(2)35(28(37)38-29(4,5)6)17-23(21-8-10-22(30)11-9-21)27(36)34-15-13-33(14-16-34)26-25-20(3)7-12-24(25)31-18-32-26/h8-11,18-20,23H,7,12-17H2,1-6H3/t20-,23?/m1/s1. The summed E-state index contributed by atoms with van der Waals surface area (Å²) in [6.07, 6.45) is 3.34. The predicted molar refractivity (Wildman–Crippen MR) is 150 cm³/mol. The van der Waals surface area contributed by atoms with E-state index in [0.29, 0.717) is 37.1 Å². The molecule has 8 nitrogen and oxygen atoms in total. The van der Waals surface area contributed by atoms with Gasteiger partial charge in [0.25, 0.3) is 0 Å². The van der Waals surface area contributed by atoms with E-state index < -0.39 is 17.6 Å². The molecule has 4 rings (SSSR count). The molecule has 1 fully saturated rings. The molecule has 2 aromatic rings. The van der Waals surface area contributed by atoms with Crippen LogP contribution in [0.15, 0.2) is 30.6 Å². The van der Waals surface area contributed by atoms with Crippen molar-refractivity contribution in [1.29, 1.82) is 0 Å². The average Bonchev–Trinajstić information content (AvgIpc) is 3.25. The Morgan fingerprint density at radius 3 is 2.37 bits per heavy atom. The van der Waals surface area contributed by atoms with Gasteiger partial charge < -0.3 is 19.4 Å². The van der Waals surface area contributed by atoms with E-state index in [0.717, 1.165) is 29.9 Å². The Balaban J connectivity index is 1.52. The molecule has 0 radical (unpaired) electrons. The molecule has 1 aromatic carbocycles. The molecule has 1 aliphatic carbocycles. The van der Waals surface area contributed by atoms with Crippen LogP contribution < -0.4 is 4.90 Å². The third kappa shape index (κ3) is 6.40. The van der Waals surface area contributed by atoms with Crippen molar-refractivity contribution in [2.75, 3.05) is 37.6 Å². The number of aryl methyl sites for hydroxylation is 1. The lowest BCUT2D eigenvalue weighted by Gasteiger charge is -2.39. The van der Waals surface area contributed by atoms with Crippen LogP contribution in [-0.2, 0) is 16.0 Å². The Bertz CT molecular complexity index is 1140. The molecular weight excluding hydrogens is 502 g/mol. The summed E-state index contributed by atoms with van der Waals surface area (Å²) in [4.78, 5) is 42.0. The van der Waals surface area contributed by atoms with E-state index in [-0.39, 0.29) is 18.5 Å². The van der Waals surface area contributed by atoms with Gasteiger partial charge >= 0.3 is 6.09 Å². The van der Waals surface area contributed by atoms with Gasteiger partial charge in [-0.05, 0) is 71.1 Å². The van der Waals surface area contributed by atoms with Gasteiger partial charge in [0.1, 0.15) is 17.7 Å². The highest BCUT2D eigenvalue weighted by Gasteiger charge is 2.35. The third-order valence-corrected chi connectivity index (χ3v) is 7.60. The summed E-state index contributed by atoms with van der Waals surface area (Å²) in [6, 6.07) is 7.20. The lowest BCUT2D eigenvalue weighted by atomic mass is 9.96. The van der Waals surface area contributed by atoms with Crippen molar-refractivity contribution in [1.82, 2.24) is 19.8 Å². The van der Waals surface area contributed by atoms with Crippen molar-refractivity contribution in [3.63, 3.8) is 0 Å². The Labute approximate surface area is 231 Å². The number of carbonyl (C=O) groups is 2. The topological polar surface area (TPSA) is 78.9 Å². The second-order valence-corrected chi connectivity index (χ2v) is 12.1. The molecule has 1 aromatic heterocycles. The summed E-state index contributed by atoms with van der Waals surface area (Å²) in [5, 5.41) is 0.605. The summed E-state index contributed by atoms with van der Waals surface area (Å²) < 4.78 is 5.67. The molecule has 1 unspecified atom stereocenters. The summed E-state index contributed by atoms with van der Waals surface area (Å²) in [7, 11) is 0. The van der Waals surface area contributed by atoms with Crippen molar-refractivity contribution in [2.24, 2.45) is 0 Å². The van der Waals surface area contributed by atoms with E-state index in [1.807, 2.05) is 51.7 Å². The molecule has 206 valence electrons. The minimum absolute atomic E-state index is 0.00228. The zero-order valence-corrected chi connectivity index (χ0v) is 24.2. The van der Waals surface area contributed by atoms with Crippen LogP contribution in [0.5, 0.6) is 0 Å². The van der Waals surface area contributed by atoms with Gasteiger partial charge in [0.05, 0.1) is 5.92 Å². The van der Waals surface area contributed by atoms with E-state index in [2.05, 4.69) is 21.8 Å². The minimum Gasteiger partial charge on any atom is -0.444 e. The summed E-state index contributed by atoms with van der Waals surface area (Å²) in [5.74, 6) is 0.932. The summed E-state index contributed by atoms with van der Waals surface area (Å²) in [6.45, 7) is 14.5. The molecule has 0 bridgehead atoms. The van der Waals surface area contributed by atoms with Gasteiger partial charge in [0.2, 0.25) is 5.91 Å². The molecule has 0 N–H and O–H groups in total. The molecule has 2 amide bonds. The highest BCUT2D eigenvalue weighted by Crippen LogP contribution is 2.37. The highest BCUT2D eigenvalue weighted by atomic mass is 35.5. The van der Waals surface area contributed by atoms with Crippen LogP contribution in [0.1, 0.15) is 76.6 Å². The Hall–Kier alpha value is -2.87. The van der Waals surface area contributed by atoms with Crippen LogP contribution in [0, 0.1) is 0 Å². The van der Waals surface area contributed by atoms with Crippen molar-refractivity contribution in [3.05, 3.63) is 52.4 Å². The first kappa shape index (κ1) is 28.1. The van der Waals surface area contributed by atoms with Crippen LogP contribution in [0.4, 0.5) is 10.6 Å². The lowest BCUT2D eigenvalue weighted by molar-refractivity contribution is -0.133. The predicted octanol–water partition coefficient (Wildman–Crippen LogP) is 5.26. The number of hydrogen-bond donors (Lipinski definition) is 0. The number of hydrogen-bond acceptors (Lipinski definition) is 6. The maximum atomic E-state index is 14.0. The zero-order chi connectivity index (χ0) is 27.6. The number of amides is 2. The van der Waals surface area contributed by atoms with Gasteiger partial charge in [-0.25, -0.2) is 14.8 Å². The first-order valence-corrected chi connectivity index (χ1v) is 13.9. The fourth-order valence-electron chi connectivity index (χ4n) is 5.27. The van der Waals surface area contributed by atoms with E-state index >= 15 is 0 Å². The van der Waals surface area contributed by atoms with E-state index in [9.17, 15) is 9.59 Å². The summed E-state index contributed by atoms with van der Waals surface area (Å²) in [5.41, 5.74) is 2.62. The first-order valence-electron chi connectivity index (χ1n) is 13.6. The Kier molecular flexibility index (Phi) is 8.50. The number of rotatable bonds is 6. The number of aromatic nitrogens is 2. The van der Waals surface area contributed by atoms with Crippen LogP contribution in [0.3, 0.4) is 0 Å². The van der Waals surface area contributed by atoms with Gasteiger partial charge in [-0.2, -0.15) is 0 Å². The maximum absolute atomic E-state index is 14.0. The van der Waals surface area contributed by atoms with E-state index in [1.54, 1.807) is 23.4 Å². The van der Waals surface area contributed by atoms with E-state index in [1.165, 1.54) is 5.56 Å². The van der Waals surface area contributed by atoms with Crippen molar-refractivity contribution < 1.29 is 14.3 Å².